The summed E-state index contributed by atoms with van der Waals surface area (Å²) in [7, 11) is 2.94. The lowest BCUT2D eigenvalue weighted by Crippen LogP contribution is -2.35. The van der Waals surface area contributed by atoms with Gasteiger partial charge in [-0.2, -0.15) is 0 Å². The summed E-state index contributed by atoms with van der Waals surface area (Å²) >= 11 is 0. The number of methoxy groups -OCH3 is 1. The molecule has 0 heterocycles. The number of carbonyl (C=O) groups excluding carboxylic acids is 3. The molecule has 0 saturated carbocycles. The second kappa shape index (κ2) is 8.55. The second-order valence-corrected chi connectivity index (χ2v) is 3.70. The Kier molecular flexibility index (Phi) is 7.75. The molecule has 0 saturated heterocycles. The third-order valence-corrected chi connectivity index (χ3v) is 2.37. The Morgan fingerprint density at radius 3 is 2.53 bits per heavy atom. The fraction of sp³-hybridized carbons (Fsp3) is 0.727. The average Bonchev–Trinajstić information content (AvgIpc) is 2.31. The third-order valence-electron chi connectivity index (χ3n) is 2.37. The highest BCUT2D eigenvalue weighted by molar-refractivity contribution is 5.69. The zero-order chi connectivity index (χ0) is 13.3. The van der Waals surface area contributed by atoms with Gasteiger partial charge in [-0.3, -0.25) is 14.4 Å². The standard InChI is InChI=1S/C11H19NO5/c1-9(14)17-7-10(12(2)8-13)5-4-6-11(15)16-3/h8,10H,4-7H2,1-3H3. The minimum atomic E-state index is -0.387. The Morgan fingerprint density at radius 1 is 1.41 bits per heavy atom. The zero-order valence-corrected chi connectivity index (χ0v) is 10.5. The molecule has 0 aliphatic heterocycles. The largest absolute Gasteiger partial charge is 0.469 e. The molecule has 0 N–H and O–H groups in total. The molecule has 0 aromatic heterocycles. The summed E-state index contributed by atoms with van der Waals surface area (Å²) in [6.45, 7) is 1.46. The summed E-state index contributed by atoms with van der Waals surface area (Å²) in [6.07, 6.45) is 2.13. The number of hydrogen-bond donors (Lipinski definition) is 0. The van der Waals surface area contributed by atoms with E-state index in [4.69, 9.17) is 4.74 Å². The van der Waals surface area contributed by atoms with Crippen molar-refractivity contribution in [2.75, 3.05) is 20.8 Å². The van der Waals surface area contributed by atoms with Crippen LogP contribution in [0.25, 0.3) is 0 Å². The first-order valence-electron chi connectivity index (χ1n) is 5.38. The fourth-order valence-corrected chi connectivity index (χ4v) is 1.29. The van der Waals surface area contributed by atoms with Gasteiger partial charge in [0.2, 0.25) is 6.41 Å². The van der Waals surface area contributed by atoms with Crippen LogP contribution < -0.4 is 0 Å². The van der Waals surface area contributed by atoms with E-state index in [1.807, 2.05) is 0 Å². The van der Waals surface area contributed by atoms with Crippen LogP contribution in [-0.4, -0.2) is 50.1 Å². The van der Waals surface area contributed by atoms with Crippen LogP contribution in [0.5, 0.6) is 0 Å². The lowest BCUT2D eigenvalue weighted by molar-refractivity contribution is -0.144. The number of ether oxygens (including phenoxy) is 2. The minimum absolute atomic E-state index is 0.145. The van der Waals surface area contributed by atoms with Crippen LogP contribution in [0.15, 0.2) is 0 Å². The Morgan fingerprint density at radius 2 is 2.06 bits per heavy atom. The molecular weight excluding hydrogens is 226 g/mol. The van der Waals surface area contributed by atoms with E-state index in [1.54, 1.807) is 7.05 Å². The van der Waals surface area contributed by atoms with Crippen LogP contribution in [-0.2, 0) is 23.9 Å². The number of carbonyl (C=O) groups is 3. The molecule has 0 aliphatic rings. The summed E-state index contributed by atoms with van der Waals surface area (Å²) in [5, 5.41) is 0. The topological polar surface area (TPSA) is 72.9 Å². The van der Waals surface area contributed by atoms with Crippen LogP contribution in [0.2, 0.25) is 0 Å². The molecule has 0 aromatic carbocycles. The van der Waals surface area contributed by atoms with Gasteiger partial charge in [-0.15, -0.1) is 0 Å². The molecule has 0 aromatic rings. The quantitative estimate of drug-likeness (QED) is 0.455. The minimum Gasteiger partial charge on any atom is -0.469 e. The molecule has 17 heavy (non-hydrogen) atoms. The van der Waals surface area contributed by atoms with Crippen LogP contribution >= 0.6 is 0 Å². The summed E-state index contributed by atoms with van der Waals surface area (Å²) < 4.78 is 9.36. The van der Waals surface area contributed by atoms with E-state index >= 15 is 0 Å². The van der Waals surface area contributed by atoms with Crippen molar-refractivity contribution in [2.45, 2.75) is 32.2 Å². The van der Waals surface area contributed by atoms with Gasteiger partial charge in [0.25, 0.3) is 0 Å². The van der Waals surface area contributed by atoms with E-state index in [1.165, 1.54) is 18.9 Å². The molecule has 0 fully saturated rings. The highest BCUT2D eigenvalue weighted by Gasteiger charge is 2.15. The molecular formula is C11H19NO5. The van der Waals surface area contributed by atoms with Gasteiger partial charge in [0.1, 0.15) is 6.61 Å². The first kappa shape index (κ1) is 15.4. The van der Waals surface area contributed by atoms with Gasteiger partial charge in [-0.05, 0) is 12.8 Å². The molecule has 6 nitrogen and oxygen atoms in total. The van der Waals surface area contributed by atoms with E-state index in [-0.39, 0.29) is 24.6 Å². The molecule has 6 heteroatoms. The SMILES string of the molecule is COC(=O)CCCC(COC(C)=O)N(C)C=O. The average molecular weight is 245 g/mol. The number of amides is 1. The summed E-state index contributed by atoms with van der Waals surface area (Å²) in [4.78, 5) is 33.7. The van der Waals surface area contributed by atoms with Crippen LogP contribution in [0, 0.1) is 0 Å². The Bertz CT molecular complexity index is 267. The van der Waals surface area contributed by atoms with Gasteiger partial charge in [-0.25, -0.2) is 0 Å². The maximum Gasteiger partial charge on any atom is 0.305 e. The van der Waals surface area contributed by atoms with Crippen molar-refractivity contribution in [2.24, 2.45) is 0 Å². The van der Waals surface area contributed by atoms with E-state index in [2.05, 4.69) is 4.74 Å². The van der Waals surface area contributed by atoms with Crippen molar-refractivity contribution < 1.29 is 23.9 Å². The van der Waals surface area contributed by atoms with Gasteiger partial charge in [0.05, 0.1) is 13.2 Å². The van der Waals surface area contributed by atoms with Crippen LogP contribution in [0.3, 0.4) is 0 Å². The Labute approximate surface area is 101 Å². The smallest absolute Gasteiger partial charge is 0.305 e. The third kappa shape index (κ3) is 7.32. The van der Waals surface area contributed by atoms with E-state index in [0.29, 0.717) is 25.7 Å². The van der Waals surface area contributed by atoms with Crippen molar-refractivity contribution in [1.29, 1.82) is 0 Å². The van der Waals surface area contributed by atoms with Gasteiger partial charge < -0.3 is 14.4 Å². The van der Waals surface area contributed by atoms with Gasteiger partial charge >= 0.3 is 11.9 Å². The van der Waals surface area contributed by atoms with Crippen molar-refractivity contribution >= 4 is 18.3 Å². The normalized spacial score (nSPS) is 11.5. The molecule has 0 bridgehead atoms. The predicted octanol–water partition coefficient (Wildman–Crippen LogP) is 0.350. The van der Waals surface area contributed by atoms with E-state index in [9.17, 15) is 14.4 Å². The maximum absolute atomic E-state index is 10.9. The lowest BCUT2D eigenvalue weighted by atomic mass is 10.1. The summed E-state index contributed by atoms with van der Waals surface area (Å²) in [5.41, 5.74) is 0. The van der Waals surface area contributed by atoms with Crippen LogP contribution in [0.1, 0.15) is 26.2 Å². The number of nitrogens with zero attached hydrogens (tertiary/aromatic N) is 1. The maximum atomic E-state index is 10.9. The number of hydrogen-bond acceptors (Lipinski definition) is 5. The van der Waals surface area contributed by atoms with Gasteiger partial charge in [-0.1, -0.05) is 0 Å². The van der Waals surface area contributed by atoms with Gasteiger partial charge in [0.15, 0.2) is 0 Å². The Hall–Kier alpha value is -1.59. The predicted molar refractivity (Wildman–Crippen MR) is 60.1 cm³/mol. The monoisotopic (exact) mass is 245 g/mol. The Balaban J connectivity index is 4.05. The lowest BCUT2D eigenvalue weighted by Gasteiger charge is -2.23. The first-order valence-corrected chi connectivity index (χ1v) is 5.38. The molecule has 1 unspecified atom stereocenters. The summed E-state index contributed by atoms with van der Waals surface area (Å²) in [5.74, 6) is -0.674. The molecule has 1 atom stereocenters. The van der Waals surface area contributed by atoms with E-state index < -0.39 is 0 Å². The first-order chi connectivity index (χ1) is 8.01. The number of likely N-dealkylation sites (N-methyl/N-ethyl adjacent to an activating group) is 1. The fourth-order valence-electron chi connectivity index (χ4n) is 1.29. The molecule has 0 aliphatic carbocycles. The van der Waals surface area contributed by atoms with Crippen molar-refractivity contribution in [3.8, 4) is 0 Å². The van der Waals surface area contributed by atoms with Gasteiger partial charge in [0, 0.05) is 20.4 Å². The van der Waals surface area contributed by atoms with E-state index in [0.717, 1.165) is 0 Å². The molecule has 1 amide bonds. The number of rotatable bonds is 8. The second-order valence-electron chi connectivity index (χ2n) is 3.70. The highest BCUT2D eigenvalue weighted by atomic mass is 16.5. The molecule has 0 radical (unpaired) electrons. The molecule has 0 spiro atoms. The highest BCUT2D eigenvalue weighted by Crippen LogP contribution is 2.07. The zero-order valence-electron chi connectivity index (χ0n) is 10.5. The van der Waals surface area contributed by atoms with Crippen molar-refractivity contribution in [1.82, 2.24) is 4.90 Å². The molecule has 0 rings (SSSR count). The summed E-state index contributed by atoms with van der Waals surface area (Å²) in [6, 6.07) is -0.207. The van der Waals surface area contributed by atoms with Crippen LogP contribution in [0.4, 0.5) is 0 Å². The van der Waals surface area contributed by atoms with Crippen molar-refractivity contribution in [3.05, 3.63) is 0 Å². The van der Waals surface area contributed by atoms with Crippen molar-refractivity contribution in [3.63, 3.8) is 0 Å². The molecule has 98 valence electrons. The number of esters is 2.